The summed E-state index contributed by atoms with van der Waals surface area (Å²) in [5.74, 6) is 0.794. The molecule has 0 aromatic heterocycles. The van der Waals surface area contributed by atoms with Crippen molar-refractivity contribution >= 4 is 12.1 Å². The highest BCUT2D eigenvalue weighted by Gasteiger charge is 2.28. The van der Waals surface area contributed by atoms with Crippen molar-refractivity contribution in [1.82, 2.24) is 15.5 Å². The highest BCUT2D eigenvalue weighted by atomic mass is 19.1. The molecule has 0 spiro atoms. The minimum Gasteiger partial charge on any atom is -0.489 e. The summed E-state index contributed by atoms with van der Waals surface area (Å²) in [6.45, 7) is 9.22. The van der Waals surface area contributed by atoms with Crippen LogP contribution in [0.1, 0.15) is 46.0 Å². The van der Waals surface area contributed by atoms with Crippen molar-refractivity contribution in [2.24, 2.45) is 0 Å². The highest BCUT2D eigenvalue weighted by Crippen LogP contribution is 2.31. The minimum atomic E-state index is -0.229. The molecule has 6 nitrogen and oxygen atoms in total. The molecule has 1 heterocycles. The summed E-state index contributed by atoms with van der Waals surface area (Å²) in [5, 5.41) is 5.96. The second-order valence-electron chi connectivity index (χ2n) is 9.93. The van der Waals surface area contributed by atoms with Gasteiger partial charge in [-0.3, -0.25) is 9.69 Å². The van der Waals surface area contributed by atoms with E-state index in [1.807, 2.05) is 0 Å². The van der Waals surface area contributed by atoms with E-state index in [0.29, 0.717) is 19.4 Å². The highest BCUT2D eigenvalue weighted by molar-refractivity contribution is 5.58. The zero-order valence-corrected chi connectivity index (χ0v) is 22.1. The van der Waals surface area contributed by atoms with Crippen LogP contribution in [0.25, 0.3) is 0 Å². The first-order valence-corrected chi connectivity index (χ1v) is 13.3. The number of carbonyl (C=O) groups excluding carboxylic acids is 1. The van der Waals surface area contributed by atoms with Gasteiger partial charge in [0.1, 0.15) is 11.6 Å². The van der Waals surface area contributed by atoms with Crippen molar-refractivity contribution in [2.45, 2.75) is 64.1 Å². The SMILES string of the molecule is CNC1CCC(N2CCN(c3ccccc3OC(C)C)CC2)CC1.O=CNCC1=CC=CC(F)=CC1. The Kier molecular flexibility index (Phi) is 11.5. The van der Waals surface area contributed by atoms with Gasteiger partial charge < -0.3 is 20.3 Å². The van der Waals surface area contributed by atoms with Crippen LogP contribution in [0.4, 0.5) is 10.1 Å². The smallest absolute Gasteiger partial charge is 0.207 e. The Morgan fingerprint density at radius 3 is 2.50 bits per heavy atom. The lowest BCUT2D eigenvalue weighted by Gasteiger charge is -2.43. The van der Waals surface area contributed by atoms with Crippen molar-refractivity contribution in [3.8, 4) is 5.75 Å². The summed E-state index contributed by atoms with van der Waals surface area (Å²) in [6.07, 6.45) is 13.1. The lowest BCUT2D eigenvalue weighted by molar-refractivity contribution is -0.109. The molecule has 1 saturated carbocycles. The van der Waals surface area contributed by atoms with Gasteiger partial charge in [0.2, 0.25) is 6.41 Å². The number of allylic oxidation sites excluding steroid dienone is 5. The van der Waals surface area contributed by atoms with E-state index in [2.05, 4.69) is 65.6 Å². The Bertz CT molecular complexity index is 896. The number of hydrogen-bond donors (Lipinski definition) is 2. The van der Waals surface area contributed by atoms with Crippen LogP contribution in [-0.2, 0) is 4.79 Å². The molecule has 7 heteroatoms. The third-order valence-electron chi connectivity index (χ3n) is 7.06. The molecule has 1 aromatic carbocycles. The molecule has 2 fully saturated rings. The van der Waals surface area contributed by atoms with Crippen LogP contribution in [0.15, 0.2) is 60.0 Å². The van der Waals surface area contributed by atoms with Gasteiger partial charge in [0.25, 0.3) is 0 Å². The van der Waals surface area contributed by atoms with Crippen LogP contribution in [0, 0.1) is 0 Å². The van der Waals surface area contributed by atoms with E-state index >= 15 is 0 Å². The second-order valence-corrected chi connectivity index (χ2v) is 9.93. The van der Waals surface area contributed by atoms with Crippen molar-refractivity contribution in [3.63, 3.8) is 0 Å². The predicted octanol–water partition coefficient (Wildman–Crippen LogP) is 4.60. The summed E-state index contributed by atoms with van der Waals surface area (Å²) >= 11 is 0. The second kappa shape index (κ2) is 14.8. The summed E-state index contributed by atoms with van der Waals surface area (Å²) in [7, 11) is 2.10. The van der Waals surface area contributed by atoms with E-state index < -0.39 is 0 Å². The molecule has 2 N–H and O–H groups in total. The number of benzene rings is 1. The Morgan fingerprint density at radius 2 is 1.83 bits per heavy atom. The number of hydrogen-bond acceptors (Lipinski definition) is 5. The fourth-order valence-corrected chi connectivity index (χ4v) is 5.07. The van der Waals surface area contributed by atoms with Crippen LogP contribution >= 0.6 is 0 Å². The number of nitrogens with one attached hydrogen (secondary N) is 2. The lowest BCUT2D eigenvalue weighted by atomic mass is 9.90. The fourth-order valence-electron chi connectivity index (χ4n) is 5.07. The molecular formula is C29H43FN4O2. The first-order chi connectivity index (χ1) is 17.5. The van der Waals surface area contributed by atoms with Crippen LogP contribution < -0.4 is 20.3 Å². The maximum atomic E-state index is 12.6. The van der Waals surface area contributed by atoms with E-state index in [0.717, 1.165) is 36.5 Å². The molecule has 0 atom stereocenters. The number of para-hydroxylation sites is 2. The maximum Gasteiger partial charge on any atom is 0.207 e. The topological polar surface area (TPSA) is 56.8 Å². The Hall–Kier alpha value is -2.64. The lowest BCUT2D eigenvalue weighted by Crippen LogP contribution is -2.52. The van der Waals surface area contributed by atoms with E-state index in [1.54, 1.807) is 12.2 Å². The molecule has 1 aromatic rings. The number of piperazine rings is 1. The molecule has 0 radical (unpaired) electrons. The molecule has 1 aliphatic heterocycles. The van der Waals surface area contributed by atoms with Crippen molar-refractivity contribution < 1.29 is 13.9 Å². The number of rotatable bonds is 8. The van der Waals surface area contributed by atoms with Crippen LogP contribution in [0.5, 0.6) is 5.75 Å². The standard InChI is InChI=1S/C20H33N3O.C9H10FNO/c1-16(2)24-20-7-5-4-6-19(20)23-14-12-22(13-15-23)18-10-8-17(21-3)9-11-18;10-9-3-1-2-8(4-5-9)6-11-7-12/h4-7,16-18,21H,8-15H2,1-3H3;1-3,5,7H,4,6H2,(H,11,12). The van der Waals surface area contributed by atoms with Gasteiger partial charge in [-0.05, 0) is 82.9 Å². The van der Waals surface area contributed by atoms with Crippen LogP contribution in [-0.4, -0.2) is 69.3 Å². The van der Waals surface area contributed by atoms with Crippen molar-refractivity contribution in [3.05, 3.63) is 60.0 Å². The molecule has 36 heavy (non-hydrogen) atoms. The molecule has 0 unspecified atom stereocenters. The van der Waals surface area contributed by atoms with Gasteiger partial charge in [0, 0.05) is 44.8 Å². The van der Waals surface area contributed by atoms with Gasteiger partial charge in [0.05, 0.1) is 11.8 Å². The summed E-state index contributed by atoms with van der Waals surface area (Å²) in [6, 6.07) is 10.0. The Morgan fingerprint density at radius 1 is 1.11 bits per heavy atom. The number of nitrogens with zero attached hydrogens (tertiary/aromatic N) is 2. The molecule has 3 aliphatic rings. The van der Waals surface area contributed by atoms with Crippen LogP contribution in [0.2, 0.25) is 0 Å². The third kappa shape index (κ3) is 8.79. The van der Waals surface area contributed by atoms with Gasteiger partial charge >= 0.3 is 0 Å². The first-order valence-electron chi connectivity index (χ1n) is 13.3. The Labute approximate surface area is 216 Å². The zero-order chi connectivity index (χ0) is 25.8. The maximum absolute atomic E-state index is 12.6. The molecule has 198 valence electrons. The average molecular weight is 499 g/mol. The zero-order valence-electron chi connectivity index (χ0n) is 22.1. The quantitative estimate of drug-likeness (QED) is 0.513. The van der Waals surface area contributed by atoms with E-state index in [-0.39, 0.29) is 11.9 Å². The number of carbonyl (C=O) groups is 1. The molecule has 1 saturated heterocycles. The molecule has 0 bridgehead atoms. The van der Waals surface area contributed by atoms with Gasteiger partial charge in [-0.25, -0.2) is 4.39 Å². The number of anilines is 1. The van der Waals surface area contributed by atoms with Gasteiger partial charge in [0.15, 0.2) is 0 Å². The summed E-state index contributed by atoms with van der Waals surface area (Å²) in [4.78, 5) is 15.2. The number of amides is 1. The number of halogens is 1. The van der Waals surface area contributed by atoms with E-state index in [9.17, 15) is 9.18 Å². The largest absolute Gasteiger partial charge is 0.489 e. The molecule has 4 rings (SSSR count). The van der Waals surface area contributed by atoms with Gasteiger partial charge in [-0.15, -0.1) is 0 Å². The van der Waals surface area contributed by atoms with E-state index in [1.165, 1.54) is 56.6 Å². The molecular weight excluding hydrogens is 455 g/mol. The van der Waals surface area contributed by atoms with Gasteiger partial charge in [-0.2, -0.15) is 0 Å². The third-order valence-corrected chi connectivity index (χ3v) is 7.06. The molecule has 2 aliphatic carbocycles. The predicted molar refractivity (Wildman–Crippen MR) is 146 cm³/mol. The first kappa shape index (κ1) is 27.9. The summed E-state index contributed by atoms with van der Waals surface area (Å²) < 4.78 is 18.6. The fraction of sp³-hybridized carbons (Fsp3) is 0.552. The van der Waals surface area contributed by atoms with Crippen LogP contribution in [0.3, 0.4) is 0 Å². The van der Waals surface area contributed by atoms with Crippen molar-refractivity contribution in [1.29, 1.82) is 0 Å². The minimum absolute atomic E-state index is 0.217. The van der Waals surface area contributed by atoms with E-state index in [4.69, 9.17) is 4.74 Å². The normalized spacial score (nSPS) is 22.6. The average Bonchev–Trinajstić information content (AvgIpc) is 3.12. The monoisotopic (exact) mass is 498 g/mol. The van der Waals surface area contributed by atoms with Gasteiger partial charge in [-0.1, -0.05) is 24.3 Å². The van der Waals surface area contributed by atoms with Crippen molar-refractivity contribution in [2.75, 3.05) is 44.7 Å². The summed E-state index contributed by atoms with van der Waals surface area (Å²) in [5.41, 5.74) is 2.25. The molecule has 1 amide bonds. The number of ether oxygens (including phenoxy) is 1. The Balaban J connectivity index is 0.000000253.